The van der Waals surface area contributed by atoms with Crippen LogP contribution in [0.2, 0.25) is 0 Å². The Balaban J connectivity index is 2.08. The number of pyridine rings is 1. The van der Waals surface area contributed by atoms with Crippen molar-refractivity contribution in [1.29, 1.82) is 0 Å². The number of benzene rings is 1. The van der Waals surface area contributed by atoms with Crippen molar-refractivity contribution in [3.05, 3.63) is 42.2 Å². The number of likely N-dealkylation sites (N-methyl/N-ethyl adjacent to an activating group) is 1. The first-order valence-electron chi connectivity index (χ1n) is 7.76. The topological polar surface area (TPSA) is 28.2 Å². The van der Waals surface area contributed by atoms with Crippen LogP contribution in [0.4, 0.5) is 0 Å². The molecule has 0 aliphatic carbocycles. The summed E-state index contributed by atoms with van der Waals surface area (Å²) in [6, 6.07) is 9.08. The van der Waals surface area contributed by atoms with Gasteiger partial charge in [0.25, 0.3) is 0 Å². The Hall–Kier alpha value is -1.45. The van der Waals surface area contributed by atoms with E-state index in [-0.39, 0.29) is 0 Å². The molecule has 1 aromatic carbocycles. The Kier molecular flexibility index (Phi) is 5.71. The Labute approximate surface area is 128 Å². The second kappa shape index (κ2) is 7.53. The highest BCUT2D eigenvalue weighted by Crippen LogP contribution is 2.17. The molecule has 0 fully saturated rings. The van der Waals surface area contributed by atoms with E-state index in [4.69, 9.17) is 0 Å². The smallest absolute Gasteiger partial charge is 0.0346 e. The zero-order valence-electron chi connectivity index (χ0n) is 13.6. The lowest BCUT2D eigenvalue weighted by molar-refractivity contribution is 0.305. The molecular formula is C18H27N3. The van der Waals surface area contributed by atoms with Crippen LogP contribution in [0.5, 0.6) is 0 Å². The monoisotopic (exact) mass is 285 g/mol. The third-order valence-corrected chi connectivity index (χ3v) is 3.69. The molecule has 1 atom stereocenters. The first kappa shape index (κ1) is 15.9. The van der Waals surface area contributed by atoms with Crippen LogP contribution < -0.4 is 5.32 Å². The van der Waals surface area contributed by atoms with E-state index in [0.717, 1.165) is 13.1 Å². The van der Waals surface area contributed by atoms with E-state index in [9.17, 15) is 0 Å². The van der Waals surface area contributed by atoms with Gasteiger partial charge in [-0.25, -0.2) is 0 Å². The first-order valence-corrected chi connectivity index (χ1v) is 7.76. The van der Waals surface area contributed by atoms with Gasteiger partial charge in [0.05, 0.1) is 0 Å². The molecule has 0 amide bonds. The SMILES string of the molecule is CC(C)CC(CN(C)C)NCc1cccc2cnccc12. The predicted octanol–water partition coefficient (Wildman–Crippen LogP) is 3.30. The van der Waals surface area contributed by atoms with Gasteiger partial charge in [-0.05, 0) is 43.5 Å². The fourth-order valence-electron chi connectivity index (χ4n) is 2.83. The van der Waals surface area contributed by atoms with Crippen molar-refractivity contribution >= 4 is 10.8 Å². The van der Waals surface area contributed by atoms with E-state index in [1.54, 1.807) is 0 Å². The highest BCUT2D eigenvalue weighted by molar-refractivity contribution is 5.84. The van der Waals surface area contributed by atoms with Crippen LogP contribution in [-0.2, 0) is 6.54 Å². The third-order valence-electron chi connectivity index (χ3n) is 3.69. The number of fused-ring (bicyclic) bond motifs is 1. The van der Waals surface area contributed by atoms with E-state index < -0.39 is 0 Å². The van der Waals surface area contributed by atoms with Crippen molar-refractivity contribution in [2.45, 2.75) is 32.9 Å². The molecule has 3 heteroatoms. The zero-order valence-corrected chi connectivity index (χ0v) is 13.6. The molecule has 1 N–H and O–H groups in total. The zero-order chi connectivity index (χ0) is 15.2. The number of hydrogen-bond acceptors (Lipinski definition) is 3. The summed E-state index contributed by atoms with van der Waals surface area (Å²) in [6.07, 6.45) is 5.01. The lowest BCUT2D eigenvalue weighted by Gasteiger charge is -2.24. The Morgan fingerprint density at radius 1 is 1.19 bits per heavy atom. The average Bonchev–Trinajstić information content (AvgIpc) is 2.43. The van der Waals surface area contributed by atoms with Crippen LogP contribution in [0.15, 0.2) is 36.7 Å². The van der Waals surface area contributed by atoms with Crippen LogP contribution in [0.25, 0.3) is 10.8 Å². The molecule has 0 aliphatic heterocycles. The number of rotatable bonds is 7. The van der Waals surface area contributed by atoms with Gasteiger partial charge in [0.2, 0.25) is 0 Å². The van der Waals surface area contributed by atoms with Crippen molar-refractivity contribution in [1.82, 2.24) is 15.2 Å². The average molecular weight is 285 g/mol. The van der Waals surface area contributed by atoms with Crippen molar-refractivity contribution in [3.63, 3.8) is 0 Å². The molecule has 2 rings (SSSR count). The van der Waals surface area contributed by atoms with Crippen LogP contribution in [0.1, 0.15) is 25.8 Å². The van der Waals surface area contributed by atoms with Crippen molar-refractivity contribution in [3.8, 4) is 0 Å². The lowest BCUT2D eigenvalue weighted by Crippen LogP contribution is -2.38. The molecule has 21 heavy (non-hydrogen) atoms. The van der Waals surface area contributed by atoms with Crippen molar-refractivity contribution < 1.29 is 0 Å². The summed E-state index contributed by atoms with van der Waals surface area (Å²) in [6.45, 7) is 6.55. The molecule has 1 heterocycles. The van der Waals surface area contributed by atoms with Crippen molar-refractivity contribution in [2.75, 3.05) is 20.6 Å². The number of nitrogens with one attached hydrogen (secondary N) is 1. The third kappa shape index (κ3) is 4.80. The van der Waals surface area contributed by atoms with Gasteiger partial charge in [-0.2, -0.15) is 0 Å². The van der Waals surface area contributed by atoms with Gasteiger partial charge < -0.3 is 10.2 Å². The second-order valence-electron chi connectivity index (χ2n) is 6.48. The van der Waals surface area contributed by atoms with Gasteiger partial charge in [-0.3, -0.25) is 4.98 Å². The molecule has 1 unspecified atom stereocenters. The van der Waals surface area contributed by atoms with Gasteiger partial charge in [0.15, 0.2) is 0 Å². The van der Waals surface area contributed by atoms with Crippen LogP contribution in [-0.4, -0.2) is 36.6 Å². The Bertz CT molecular complexity index is 548. The first-order chi connectivity index (χ1) is 10.1. The highest BCUT2D eigenvalue weighted by Gasteiger charge is 2.12. The van der Waals surface area contributed by atoms with Crippen LogP contribution in [0, 0.1) is 5.92 Å². The van der Waals surface area contributed by atoms with Crippen LogP contribution in [0.3, 0.4) is 0 Å². The fraction of sp³-hybridized carbons (Fsp3) is 0.500. The molecule has 3 nitrogen and oxygen atoms in total. The fourth-order valence-corrected chi connectivity index (χ4v) is 2.83. The Morgan fingerprint density at radius 3 is 2.71 bits per heavy atom. The van der Waals surface area contributed by atoms with Gasteiger partial charge in [0.1, 0.15) is 0 Å². The standard InChI is InChI=1S/C18H27N3/c1-14(2)10-17(13-21(3)4)20-12-16-7-5-6-15-11-19-9-8-18(15)16/h5-9,11,14,17,20H,10,12-13H2,1-4H3. The quantitative estimate of drug-likeness (QED) is 0.846. The lowest BCUT2D eigenvalue weighted by atomic mass is 10.0. The molecule has 114 valence electrons. The number of nitrogens with zero attached hydrogens (tertiary/aromatic N) is 2. The van der Waals surface area contributed by atoms with E-state index in [1.165, 1.54) is 22.8 Å². The molecule has 0 radical (unpaired) electrons. The van der Waals surface area contributed by atoms with Gasteiger partial charge >= 0.3 is 0 Å². The minimum absolute atomic E-state index is 0.525. The molecule has 0 aliphatic rings. The summed E-state index contributed by atoms with van der Waals surface area (Å²) in [4.78, 5) is 6.46. The Morgan fingerprint density at radius 2 is 2.00 bits per heavy atom. The number of hydrogen-bond donors (Lipinski definition) is 1. The highest BCUT2D eigenvalue weighted by atomic mass is 15.1. The maximum absolute atomic E-state index is 4.20. The molecule has 0 spiro atoms. The molecule has 2 aromatic rings. The normalized spacial score (nSPS) is 13.2. The van der Waals surface area contributed by atoms with E-state index in [1.807, 2.05) is 12.4 Å². The summed E-state index contributed by atoms with van der Waals surface area (Å²) in [5, 5.41) is 6.24. The summed E-state index contributed by atoms with van der Waals surface area (Å²) in [5.41, 5.74) is 1.35. The largest absolute Gasteiger partial charge is 0.309 e. The van der Waals surface area contributed by atoms with E-state index in [2.05, 4.69) is 67.4 Å². The summed E-state index contributed by atoms with van der Waals surface area (Å²) in [5.74, 6) is 0.708. The second-order valence-corrected chi connectivity index (χ2v) is 6.48. The van der Waals surface area contributed by atoms with Gasteiger partial charge in [-0.1, -0.05) is 32.0 Å². The molecule has 1 aromatic heterocycles. The molecule has 0 saturated heterocycles. The maximum Gasteiger partial charge on any atom is 0.0346 e. The van der Waals surface area contributed by atoms with E-state index in [0.29, 0.717) is 12.0 Å². The molecule has 0 bridgehead atoms. The van der Waals surface area contributed by atoms with Crippen molar-refractivity contribution in [2.24, 2.45) is 5.92 Å². The summed E-state index contributed by atoms with van der Waals surface area (Å²) in [7, 11) is 4.27. The van der Waals surface area contributed by atoms with E-state index >= 15 is 0 Å². The van der Waals surface area contributed by atoms with Gasteiger partial charge in [-0.15, -0.1) is 0 Å². The predicted molar refractivity (Wildman–Crippen MR) is 90.4 cm³/mol. The molecule has 0 saturated carbocycles. The minimum Gasteiger partial charge on any atom is -0.309 e. The van der Waals surface area contributed by atoms with Crippen LogP contribution >= 0.6 is 0 Å². The summed E-state index contributed by atoms with van der Waals surface area (Å²) >= 11 is 0. The van der Waals surface area contributed by atoms with Gasteiger partial charge in [0, 0.05) is 36.9 Å². The summed E-state index contributed by atoms with van der Waals surface area (Å²) < 4.78 is 0. The number of aromatic nitrogens is 1. The maximum atomic E-state index is 4.20. The minimum atomic E-state index is 0.525. The molecular weight excluding hydrogens is 258 g/mol.